The minimum atomic E-state index is -3.81. The number of fused-ring (bicyclic) bond motifs is 5. The van der Waals surface area contributed by atoms with Crippen molar-refractivity contribution in [3.05, 3.63) is 30.1 Å². The number of benzene rings is 1. The molecule has 3 fully saturated rings. The summed E-state index contributed by atoms with van der Waals surface area (Å²) in [6.07, 6.45) is 2.89. The number of nitrogens with zero attached hydrogens (tertiary/aromatic N) is 4. The van der Waals surface area contributed by atoms with Crippen LogP contribution in [0.4, 0.5) is 0 Å². The number of phenolic OH excluding ortho intramolecular Hbond substituents is 2. The van der Waals surface area contributed by atoms with Gasteiger partial charge < -0.3 is 15.1 Å². The number of hydrogen-bond acceptors (Lipinski definition) is 7. The van der Waals surface area contributed by atoms with E-state index in [0.717, 1.165) is 18.9 Å². The molecule has 1 aromatic heterocycles. The second-order valence-electron chi connectivity index (χ2n) is 7.59. The van der Waals surface area contributed by atoms with Crippen LogP contribution in [0, 0.1) is 11.8 Å². The Kier molecular flexibility index (Phi) is 3.68. The van der Waals surface area contributed by atoms with Crippen molar-refractivity contribution in [2.45, 2.75) is 29.8 Å². The third-order valence-electron chi connectivity index (χ3n) is 6.26. The van der Waals surface area contributed by atoms with Gasteiger partial charge in [0.25, 0.3) is 5.91 Å². The number of rotatable bonds is 3. The van der Waals surface area contributed by atoms with Crippen LogP contribution in [0.25, 0.3) is 0 Å². The number of likely N-dealkylation sites (tertiary alicyclic amines) is 1. The van der Waals surface area contributed by atoms with E-state index < -0.39 is 15.8 Å². The SMILES string of the molecule is O=C(c1cn[nH]n1)N1C[C@@H]2[C@H](C1)[C@H]1CC[C@@H]2N1S(=O)(=O)c1ccc(O)c(O)c1. The van der Waals surface area contributed by atoms with E-state index in [1.807, 2.05) is 0 Å². The summed E-state index contributed by atoms with van der Waals surface area (Å²) in [7, 11) is -3.81. The molecule has 5 rings (SSSR count). The van der Waals surface area contributed by atoms with E-state index in [4.69, 9.17) is 0 Å². The van der Waals surface area contributed by atoms with Gasteiger partial charge in [-0.25, -0.2) is 8.42 Å². The molecule has 3 aliphatic heterocycles. The fourth-order valence-corrected chi connectivity index (χ4v) is 7.07. The molecular formula is C17H19N5O5S. The molecule has 28 heavy (non-hydrogen) atoms. The predicted molar refractivity (Wildman–Crippen MR) is 94.9 cm³/mol. The van der Waals surface area contributed by atoms with Gasteiger partial charge in [-0.05, 0) is 36.8 Å². The quantitative estimate of drug-likeness (QED) is 0.617. The number of carbonyl (C=O) groups is 1. The first kappa shape index (κ1) is 17.4. The number of carbonyl (C=O) groups excluding carboxylic acids is 1. The van der Waals surface area contributed by atoms with Gasteiger partial charge in [0.2, 0.25) is 10.0 Å². The number of aromatic amines is 1. The molecule has 148 valence electrons. The maximum absolute atomic E-state index is 13.2. The van der Waals surface area contributed by atoms with Crippen molar-refractivity contribution in [3.63, 3.8) is 0 Å². The molecule has 0 radical (unpaired) electrons. The number of hydrogen-bond donors (Lipinski definition) is 3. The van der Waals surface area contributed by atoms with Crippen molar-refractivity contribution in [2.24, 2.45) is 11.8 Å². The lowest BCUT2D eigenvalue weighted by Gasteiger charge is -2.26. The van der Waals surface area contributed by atoms with E-state index in [2.05, 4.69) is 15.4 Å². The molecule has 3 saturated heterocycles. The summed E-state index contributed by atoms with van der Waals surface area (Å²) in [4.78, 5) is 14.3. The molecule has 1 amide bonds. The number of phenols is 2. The average Bonchev–Trinajstić information content (AvgIpc) is 3.43. The molecule has 0 aliphatic carbocycles. The number of aromatic hydroxyl groups is 2. The third kappa shape index (κ3) is 2.35. The minimum absolute atomic E-state index is 0.0322. The van der Waals surface area contributed by atoms with Crippen molar-refractivity contribution < 1.29 is 23.4 Å². The van der Waals surface area contributed by atoms with Crippen LogP contribution in [0.15, 0.2) is 29.3 Å². The molecule has 4 atom stereocenters. The molecule has 3 aliphatic rings. The highest BCUT2D eigenvalue weighted by atomic mass is 32.2. The highest BCUT2D eigenvalue weighted by molar-refractivity contribution is 7.89. The van der Waals surface area contributed by atoms with Crippen LogP contribution in [0.2, 0.25) is 0 Å². The van der Waals surface area contributed by atoms with Crippen molar-refractivity contribution in [1.29, 1.82) is 0 Å². The van der Waals surface area contributed by atoms with Crippen molar-refractivity contribution in [2.75, 3.05) is 13.1 Å². The average molecular weight is 405 g/mol. The Labute approximate surface area is 160 Å². The molecule has 0 saturated carbocycles. The van der Waals surface area contributed by atoms with Gasteiger partial charge in [-0.3, -0.25) is 4.79 Å². The lowest BCUT2D eigenvalue weighted by Crippen LogP contribution is -2.41. The summed E-state index contributed by atoms with van der Waals surface area (Å²) in [6.45, 7) is 0.981. The maximum atomic E-state index is 13.2. The van der Waals surface area contributed by atoms with Gasteiger partial charge >= 0.3 is 0 Å². The van der Waals surface area contributed by atoms with E-state index >= 15 is 0 Å². The van der Waals surface area contributed by atoms with Crippen LogP contribution in [-0.2, 0) is 10.0 Å². The van der Waals surface area contributed by atoms with Crippen molar-refractivity contribution in [3.8, 4) is 11.5 Å². The fourth-order valence-electron chi connectivity index (χ4n) is 5.09. The van der Waals surface area contributed by atoms with Gasteiger partial charge in [0.05, 0.1) is 11.1 Å². The zero-order valence-electron chi connectivity index (χ0n) is 14.8. The van der Waals surface area contributed by atoms with Crippen LogP contribution >= 0.6 is 0 Å². The van der Waals surface area contributed by atoms with Gasteiger partial charge in [0, 0.05) is 31.2 Å². The number of nitrogens with one attached hydrogen (secondary N) is 1. The molecule has 10 nitrogen and oxygen atoms in total. The lowest BCUT2D eigenvalue weighted by atomic mass is 9.82. The second kappa shape index (κ2) is 5.92. The molecule has 2 bridgehead atoms. The first-order valence-corrected chi connectivity index (χ1v) is 10.5. The van der Waals surface area contributed by atoms with Crippen LogP contribution in [0.3, 0.4) is 0 Å². The summed E-state index contributed by atoms with van der Waals surface area (Å²) < 4.78 is 28.0. The van der Waals surface area contributed by atoms with Gasteiger partial charge in [0.1, 0.15) is 0 Å². The molecule has 0 unspecified atom stereocenters. The Hall–Kier alpha value is -2.66. The number of H-pyrrole nitrogens is 1. The smallest absolute Gasteiger partial charge is 0.276 e. The number of sulfonamides is 1. The molecule has 0 spiro atoms. The van der Waals surface area contributed by atoms with Crippen LogP contribution < -0.4 is 0 Å². The lowest BCUT2D eigenvalue weighted by molar-refractivity contribution is 0.0767. The Bertz CT molecular complexity index is 1020. The molecule has 11 heteroatoms. The van der Waals surface area contributed by atoms with Crippen molar-refractivity contribution in [1.82, 2.24) is 24.6 Å². The van der Waals surface area contributed by atoms with Gasteiger partial charge in [-0.15, -0.1) is 0 Å². The van der Waals surface area contributed by atoms with Crippen LogP contribution in [0.5, 0.6) is 11.5 Å². The molecular weight excluding hydrogens is 386 g/mol. The fraction of sp³-hybridized carbons (Fsp3) is 0.471. The number of amides is 1. The maximum Gasteiger partial charge on any atom is 0.276 e. The largest absolute Gasteiger partial charge is 0.504 e. The molecule has 3 N–H and O–H groups in total. The summed E-state index contributed by atoms with van der Waals surface area (Å²) in [5, 5.41) is 29.1. The summed E-state index contributed by atoms with van der Waals surface area (Å²) in [5.74, 6) is -0.856. The van der Waals surface area contributed by atoms with Gasteiger partial charge in [-0.2, -0.15) is 19.7 Å². The highest BCUT2D eigenvalue weighted by Crippen LogP contribution is 2.51. The standard InChI is InChI=1S/C17H19N5O5S/c23-15-4-1-9(5-16(15)24)28(26,27)22-13-2-3-14(22)11-8-21(7-10(11)13)17(25)12-6-18-20-19-12/h1,4-6,10-11,13-14,23-24H,2-3,7-8H2,(H,18,19,20)/t10-,11+,13+,14-. The predicted octanol–water partition coefficient (Wildman–Crippen LogP) is 0.140. The first-order chi connectivity index (χ1) is 13.4. The van der Waals surface area contributed by atoms with Gasteiger partial charge in [-0.1, -0.05) is 0 Å². The zero-order valence-corrected chi connectivity index (χ0v) is 15.6. The Morgan fingerprint density at radius 3 is 2.36 bits per heavy atom. The molecule has 1 aromatic carbocycles. The normalized spacial score (nSPS) is 29.4. The molecule has 2 aromatic rings. The Morgan fingerprint density at radius 1 is 1.11 bits per heavy atom. The topological polar surface area (TPSA) is 140 Å². The second-order valence-corrected chi connectivity index (χ2v) is 9.43. The Morgan fingerprint density at radius 2 is 1.79 bits per heavy atom. The van der Waals surface area contributed by atoms with E-state index in [1.165, 1.54) is 18.3 Å². The third-order valence-corrected chi connectivity index (χ3v) is 8.20. The van der Waals surface area contributed by atoms with Crippen LogP contribution in [0.1, 0.15) is 23.3 Å². The summed E-state index contributed by atoms with van der Waals surface area (Å²) in [6, 6.07) is 3.22. The van der Waals surface area contributed by atoms with Crippen molar-refractivity contribution >= 4 is 15.9 Å². The van der Waals surface area contributed by atoms with E-state index in [0.29, 0.717) is 13.1 Å². The number of aromatic nitrogens is 3. The first-order valence-electron chi connectivity index (χ1n) is 9.08. The minimum Gasteiger partial charge on any atom is -0.504 e. The zero-order chi connectivity index (χ0) is 19.6. The van der Waals surface area contributed by atoms with E-state index in [-0.39, 0.29) is 46.2 Å². The molecule has 4 heterocycles. The van der Waals surface area contributed by atoms with Crippen LogP contribution in [-0.4, -0.2) is 74.3 Å². The van der Waals surface area contributed by atoms with E-state index in [9.17, 15) is 23.4 Å². The van der Waals surface area contributed by atoms with E-state index in [1.54, 1.807) is 9.21 Å². The highest BCUT2D eigenvalue weighted by Gasteiger charge is 2.60. The van der Waals surface area contributed by atoms with Gasteiger partial charge in [0.15, 0.2) is 17.2 Å². The Balaban J connectivity index is 1.41. The summed E-state index contributed by atoms with van der Waals surface area (Å²) in [5.41, 5.74) is 0.261. The monoisotopic (exact) mass is 405 g/mol. The summed E-state index contributed by atoms with van der Waals surface area (Å²) >= 11 is 0.